The molecule has 0 spiro atoms. The largest absolute Gasteiger partial charge is 0.461 e. The minimum atomic E-state index is -1.45. The van der Waals surface area contributed by atoms with E-state index in [2.05, 4.69) is 10.5 Å². The van der Waals surface area contributed by atoms with Crippen molar-refractivity contribution in [3.05, 3.63) is 73.4 Å². The van der Waals surface area contributed by atoms with Crippen LogP contribution in [0.15, 0.2) is 57.0 Å². The maximum atomic E-state index is 13.4. The summed E-state index contributed by atoms with van der Waals surface area (Å²) < 4.78 is 27.1. The van der Waals surface area contributed by atoms with Gasteiger partial charge in [0.1, 0.15) is 24.9 Å². The van der Waals surface area contributed by atoms with Crippen LogP contribution in [0.3, 0.4) is 0 Å². The van der Waals surface area contributed by atoms with Gasteiger partial charge in [-0.1, -0.05) is 6.07 Å². The highest BCUT2D eigenvalue weighted by Crippen LogP contribution is 2.34. The second kappa shape index (κ2) is 16.6. The molecule has 2 heterocycles. The average Bonchev–Trinajstić information content (AvgIpc) is 3.78. The summed E-state index contributed by atoms with van der Waals surface area (Å²) in [5, 5.41) is 11.4. The molecular formula is C34H38N2O12S2. The number of benzene rings is 1. The molecule has 0 aliphatic carbocycles. The lowest BCUT2D eigenvalue weighted by Crippen LogP contribution is -2.44. The van der Waals surface area contributed by atoms with E-state index in [1.807, 2.05) is 0 Å². The second-order valence-electron chi connectivity index (χ2n) is 13.3. The fourth-order valence-corrected chi connectivity index (χ4v) is 5.06. The number of ether oxygens (including phenoxy) is 5. The third kappa shape index (κ3) is 11.6. The summed E-state index contributed by atoms with van der Waals surface area (Å²) in [6.45, 7) is 10.1. The van der Waals surface area contributed by atoms with Crippen molar-refractivity contribution in [2.45, 2.75) is 66.5 Å². The Morgan fingerprint density at radius 3 is 1.68 bits per heavy atom. The maximum Gasteiger partial charge on any atom is 0.408 e. The van der Waals surface area contributed by atoms with Crippen molar-refractivity contribution >= 4 is 58.6 Å². The summed E-state index contributed by atoms with van der Waals surface area (Å²) in [7, 11) is 0. The fourth-order valence-electron chi connectivity index (χ4n) is 3.81. The first-order valence-corrected chi connectivity index (χ1v) is 17.0. The fraction of sp³-hybridized carbons (Fsp3) is 0.412. The lowest BCUT2D eigenvalue weighted by Gasteiger charge is -2.25. The molecule has 16 heteroatoms. The zero-order valence-electron chi connectivity index (χ0n) is 28.6. The highest BCUT2D eigenvalue weighted by atomic mass is 32.1. The van der Waals surface area contributed by atoms with Gasteiger partial charge in [-0.2, -0.15) is 22.7 Å². The number of nitroso groups, excluding NO2 is 1. The number of amides is 2. The number of carbonyl (C=O) groups is 6. The van der Waals surface area contributed by atoms with Gasteiger partial charge >= 0.3 is 35.9 Å². The Bertz CT molecular complexity index is 1710. The Morgan fingerprint density at radius 1 is 0.740 bits per heavy atom. The van der Waals surface area contributed by atoms with Crippen molar-refractivity contribution in [2.24, 2.45) is 16.0 Å². The highest BCUT2D eigenvalue weighted by Gasteiger charge is 2.36. The van der Waals surface area contributed by atoms with Crippen LogP contribution in [0.4, 0.5) is 4.79 Å². The van der Waals surface area contributed by atoms with Gasteiger partial charge < -0.3 is 29.0 Å². The summed E-state index contributed by atoms with van der Waals surface area (Å²) in [4.78, 5) is 87.4. The molecule has 3 aromatic rings. The van der Waals surface area contributed by atoms with E-state index in [1.165, 1.54) is 68.6 Å². The van der Waals surface area contributed by atoms with Gasteiger partial charge in [0.2, 0.25) is 0 Å². The van der Waals surface area contributed by atoms with Gasteiger partial charge in [0.05, 0.1) is 22.0 Å². The average molecular weight is 731 g/mol. The number of nitrogens with one attached hydrogen (secondary N) is 1. The zero-order chi connectivity index (χ0) is 37.3. The van der Waals surface area contributed by atoms with Crippen molar-refractivity contribution < 1.29 is 52.5 Å². The SMILES string of the molecule is CC(C)(C)OC(=O)N[C@@H](Cc1ccc(OC(=O)C(C)(C)COC(=O)c2ccsc2)c(OC(=O)C(C)(C)COC(=O)c2ccsc2)c1)C(=O)N=O. The number of hydrogen-bond acceptors (Lipinski definition) is 14. The van der Waals surface area contributed by atoms with E-state index < -0.39 is 58.4 Å². The molecule has 0 unspecified atom stereocenters. The molecular weight excluding hydrogens is 693 g/mol. The number of thiophene rings is 2. The molecule has 268 valence electrons. The van der Waals surface area contributed by atoms with E-state index >= 15 is 0 Å². The van der Waals surface area contributed by atoms with Crippen LogP contribution in [0.1, 0.15) is 74.7 Å². The molecule has 0 aliphatic rings. The summed E-state index contributed by atoms with van der Waals surface area (Å²) in [5.74, 6) is -4.65. The third-order valence-corrected chi connectivity index (χ3v) is 8.05. The predicted octanol–water partition coefficient (Wildman–Crippen LogP) is 6.12. The topological polar surface area (TPSA) is 190 Å². The molecule has 1 atom stereocenters. The van der Waals surface area contributed by atoms with Gasteiger partial charge in [-0.25, -0.2) is 14.4 Å². The molecule has 1 aromatic carbocycles. The molecule has 0 aliphatic heterocycles. The van der Waals surface area contributed by atoms with Crippen LogP contribution in [0.5, 0.6) is 11.5 Å². The summed E-state index contributed by atoms with van der Waals surface area (Å²) in [5.41, 5.74) is -2.74. The first-order chi connectivity index (χ1) is 23.3. The number of nitrogens with zero attached hydrogens (tertiary/aromatic N) is 1. The Hall–Kier alpha value is -4.96. The van der Waals surface area contributed by atoms with Crippen molar-refractivity contribution in [2.75, 3.05) is 13.2 Å². The van der Waals surface area contributed by atoms with Crippen LogP contribution < -0.4 is 14.8 Å². The van der Waals surface area contributed by atoms with Crippen LogP contribution in [0.25, 0.3) is 0 Å². The quantitative estimate of drug-likeness (QED) is 0.0867. The van der Waals surface area contributed by atoms with Gasteiger partial charge in [-0.15, -0.1) is 4.91 Å². The smallest absolute Gasteiger partial charge is 0.408 e. The summed E-state index contributed by atoms with van der Waals surface area (Å²) >= 11 is 2.61. The minimum absolute atomic E-state index is 0.216. The molecule has 0 radical (unpaired) electrons. The Balaban J connectivity index is 1.87. The van der Waals surface area contributed by atoms with Gasteiger partial charge in [0, 0.05) is 22.4 Å². The van der Waals surface area contributed by atoms with E-state index in [4.69, 9.17) is 23.7 Å². The van der Waals surface area contributed by atoms with Gasteiger partial charge in [0.25, 0.3) is 0 Å². The van der Waals surface area contributed by atoms with Crippen LogP contribution in [0.2, 0.25) is 0 Å². The molecule has 0 saturated carbocycles. The molecule has 0 bridgehead atoms. The first kappa shape index (κ1) is 39.5. The second-order valence-corrected chi connectivity index (χ2v) is 14.9. The lowest BCUT2D eigenvalue weighted by atomic mass is 9.95. The summed E-state index contributed by atoms with van der Waals surface area (Å²) in [6.07, 6.45) is -1.27. The van der Waals surface area contributed by atoms with Crippen LogP contribution in [-0.2, 0) is 35.0 Å². The van der Waals surface area contributed by atoms with E-state index in [0.717, 1.165) is 0 Å². The minimum Gasteiger partial charge on any atom is -0.461 e. The zero-order valence-corrected chi connectivity index (χ0v) is 30.2. The van der Waals surface area contributed by atoms with Crippen molar-refractivity contribution in [3.63, 3.8) is 0 Å². The number of esters is 4. The molecule has 0 fully saturated rings. The monoisotopic (exact) mass is 730 g/mol. The van der Waals surface area contributed by atoms with E-state index in [0.29, 0.717) is 11.1 Å². The molecule has 50 heavy (non-hydrogen) atoms. The number of alkyl carbamates (subject to hydrolysis) is 1. The van der Waals surface area contributed by atoms with E-state index in [9.17, 15) is 33.7 Å². The highest BCUT2D eigenvalue weighted by molar-refractivity contribution is 7.08. The number of carbonyl (C=O) groups excluding carboxylic acids is 6. The molecule has 2 aromatic heterocycles. The third-order valence-electron chi connectivity index (χ3n) is 6.68. The van der Waals surface area contributed by atoms with Crippen molar-refractivity contribution in [1.82, 2.24) is 5.32 Å². The Kier molecular flexibility index (Phi) is 13.1. The van der Waals surface area contributed by atoms with Gasteiger partial charge in [-0.3, -0.25) is 14.4 Å². The molecule has 3 rings (SSSR count). The standard InChI is InChI=1S/C34H38N2O12S2/c1-32(2,3)48-31(42)35-23(26(37)36-43)14-20-8-9-24(46-29(40)33(4,5)18-44-27(38)21-10-12-49-16-21)25(15-20)47-30(41)34(6,7)19-45-28(39)22-11-13-50-17-22/h8-13,15-17,23H,14,18-19H2,1-7H3,(H,35,42)/t23-/m0/s1. The van der Waals surface area contributed by atoms with Crippen molar-refractivity contribution in [1.29, 1.82) is 0 Å². The Labute approximate surface area is 296 Å². The Morgan fingerprint density at radius 2 is 1.24 bits per heavy atom. The van der Waals surface area contributed by atoms with Gasteiger partial charge in [0.15, 0.2) is 11.5 Å². The molecule has 2 amide bonds. The number of rotatable bonds is 14. The predicted molar refractivity (Wildman–Crippen MR) is 182 cm³/mol. The van der Waals surface area contributed by atoms with Crippen LogP contribution in [0, 0.1) is 15.7 Å². The summed E-state index contributed by atoms with van der Waals surface area (Å²) in [6, 6.07) is 5.68. The van der Waals surface area contributed by atoms with Gasteiger partial charge in [-0.05, 0) is 89.1 Å². The van der Waals surface area contributed by atoms with E-state index in [1.54, 1.807) is 54.4 Å². The normalized spacial score (nSPS) is 12.2. The molecule has 1 N–H and O–H groups in total. The number of hydrogen-bond donors (Lipinski definition) is 1. The lowest BCUT2D eigenvalue weighted by molar-refractivity contribution is -0.149. The molecule has 14 nitrogen and oxygen atoms in total. The molecule has 0 saturated heterocycles. The van der Waals surface area contributed by atoms with E-state index in [-0.39, 0.29) is 36.7 Å². The van der Waals surface area contributed by atoms with Crippen LogP contribution in [-0.4, -0.2) is 60.7 Å². The van der Waals surface area contributed by atoms with Crippen LogP contribution >= 0.6 is 22.7 Å². The van der Waals surface area contributed by atoms with Crippen molar-refractivity contribution in [3.8, 4) is 11.5 Å². The first-order valence-electron chi connectivity index (χ1n) is 15.1. The maximum absolute atomic E-state index is 13.4.